The number of carbonyl (C=O) groups is 1. The van der Waals surface area contributed by atoms with Gasteiger partial charge in [0.1, 0.15) is 5.82 Å². The molecule has 0 spiro atoms. The normalized spacial score (nSPS) is 10.6. The zero-order valence-corrected chi connectivity index (χ0v) is 14.9. The molecule has 0 atom stereocenters. The first kappa shape index (κ1) is 19.3. The van der Waals surface area contributed by atoms with E-state index in [-0.39, 0.29) is 12.5 Å². The third-order valence-corrected chi connectivity index (χ3v) is 3.36. The van der Waals surface area contributed by atoms with E-state index in [9.17, 15) is 4.79 Å². The highest BCUT2D eigenvalue weighted by atomic mass is 16.5. The van der Waals surface area contributed by atoms with E-state index in [4.69, 9.17) is 14.6 Å². The fourth-order valence-corrected chi connectivity index (χ4v) is 2.17. The number of rotatable bonds is 9. The van der Waals surface area contributed by atoms with E-state index < -0.39 is 0 Å². The maximum Gasteiger partial charge on any atom is 0.248 e. The van der Waals surface area contributed by atoms with Crippen molar-refractivity contribution in [3.05, 3.63) is 48.2 Å². The van der Waals surface area contributed by atoms with Crippen molar-refractivity contribution in [1.29, 1.82) is 0 Å². The van der Waals surface area contributed by atoms with Crippen LogP contribution in [0.5, 0.6) is 11.5 Å². The molecule has 0 unspecified atom stereocenters. The van der Waals surface area contributed by atoms with Gasteiger partial charge < -0.3 is 25.2 Å². The van der Waals surface area contributed by atoms with Crippen molar-refractivity contribution in [3.8, 4) is 11.5 Å². The van der Waals surface area contributed by atoms with E-state index in [0.29, 0.717) is 36.2 Å². The second-order valence-corrected chi connectivity index (χ2v) is 5.25. The maximum absolute atomic E-state index is 12.0. The highest BCUT2D eigenvalue weighted by Crippen LogP contribution is 2.28. The van der Waals surface area contributed by atoms with E-state index in [1.165, 1.54) is 6.08 Å². The first-order valence-corrected chi connectivity index (χ1v) is 8.27. The van der Waals surface area contributed by atoms with Gasteiger partial charge in [0, 0.05) is 12.6 Å². The van der Waals surface area contributed by atoms with E-state index in [1.54, 1.807) is 37.6 Å². The molecule has 1 aromatic heterocycles. The van der Waals surface area contributed by atoms with Gasteiger partial charge >= 0.3 is 0 Å². The molecule has 0 fully saturated rings. The number of aliphatic hydroxyl groups excluding tert-OH is 1. The molecular weight excluding hydrogens is 334 g/mol. The molecule has 2 rings (SSSR count). The Kier molecular flexibility index (Phi) is 7.45. The van der Waals surface area contributed by atoms with Crippen LogP contribution in [0.25, 0.3) is 6.08 Å². The van der Waals surface area contributed by atoms with Gasteiger partial charge in [0.15, 0.2) is 11.5 Å². The molecule has 7 heteroatoms. The first-order chi connectivity index (χ1) is 12.7. The van der Waals surface area contributed by atoms with Crippen LogP contribution in [0.1, 0.15) is 12.5 Å². The van der Waals surface area contributed by atoms with Gasteiger partial charge in [0.05, 0.1) is 32.2 Å². The summed E-state index contributed by atoms with van der Waals surface area (Å²) < 4.78 is 10.8. The molecule has 1 amide bonds. The number of hydrogen-bond donors (Lipinski definition) is 3. The zero-order valence-electron chi connectivity index (χ0n) is 14.9. The second-order valence-electron chi connectivity index (χ2n) is 5.25. The Morgan fingerprint density at radius 1 is 1.27 bits per heavy atom. The summed E-state index contributed by atoms with van der Waals surface area (Å²) in [6.45, 7) is 2.91. The lowest BCUT2D eigenvalue weighted by atomic mass is 10.2. The van der Waals surface area contributed by atoms with Crippen molar-refractivity contribution >= 4 is 23.5 Å². The smallest absolute Gasteiger partial charge is 0.248 e. The number of pyridine rings is 1. The molecule has 0 aliphatic heterocycles. The standard InChI is InChI=1S/C19H23N3O4/c1-3-26-16-7-4-14(12-17(16)25-2)5-9-19(24)22-15-6-8-18(21-13-15)20-10-11-23/h4-9,12-13,23H,3,10-11H2,1-2H3,(H,20,21)(H,22,24)/b9-5+. The number of aromatic nitrogens is 1. The minimum Gasteiger partial charge on any atom is -0.493 e. The van der Waals surface area contributed by atoms with Crippen LogP contribution >= 0.6 is 0 Å². The highest BCUT2D eigenvalue weighted by molar-refractivity contribution is 6.01. The van der Waals surface area contributed by atoms with Crippen molar-refractivity contribution in [2.24, 2.45) is 0 Å². The summed E-state index contributed by atoms with van der Waals surface area (Å²) in [7, 11) is 1.57. The van der Waals surface area contributed by atoms with E-state index in [2.05, 4.69) is 15.6 Å². The molecule has 0 saturated heterocycles. The Hall–Kier alpha value is -3.06. The summed E-state index contributed by atoms with van der Waals surface area (Å²) in [4.78, 5) is 16.2. The van der Waals surface area contributed by atoms with Gasteiger partial charge in [-0.05, 0) is 42.8 Å². The number of anilines is 2. The van der Waals surface area contributed by atoms with Crippen LogP contribution < -0.4 is 20.1 Å². The largest absolute Gasteiger partial charge is 0.493 e. The Balaban J connectivity index is 1.96. The van der Waals surface area contributed by atoms with Gasteiger partial charge in [-0.2, -0.15) is 0 Å². The molecule has 1 aromatic carbocycles. The number of amides is 1. The molecule has 0 aliphatic rings. The van der Waals surface area contributed by atoms with E-state index >= 15 is 0 Å². The third kappa shape index (κ3) is 5.78. The minimum absolute atomic E-state index is 0.0291. The summed E-state index contributed by atoms with van der Waals surface area (Å²) >= 11 is 0. The second kappa shape index (κ2) is 10.0. The number of nitrogens with zero attached hydrogens (tertiary/aromatic N) is 1. The van der Waals surface area contributed by atoms with Crippen LogP contribution in [0, 0.1) is 0 Å². The van der Waals surface area contributed by atoms with Crippen molar-refractivity contribution < 1.29 is 19.4 Å². The molecular formula is C19H23N3O4. The fourth-order valence-electron chi connectivity index (χ4n) is 2.17. The Morgan fingerprint density at radius 3 is 2.77 bits per heavy atom. The molecule has 7 nitrogen and oxygen atoms in total. The first-order valence-electron chi connectivity index (χ1n) is 8.27. The number of benzene rings is 1. The highest BCUT2D eigenvalue weighted by Gasteiger charge is 2.04. The molecule has 0 bridgehead atoms. The minimum atomic E-state index is -0.268. The number of hydrogen-bond acceptors (Lipinski definition) is 6. The van der Waals surface area contributed by atoms with Crippen LogP contribution in [0.2, 0.25) is 0 Å². The molecule has 0 radical (unpaired) electrons. The van der Waals surface area contributed by atoms with Crippen molar-refractivity contribution in [2.45, 2.75) is 6.92 Å². The molecule has 2 aromatic rings. The third-order valence-electron chi connectivity index (χ3n) is 3.36. The average molecular weight is 357 g/mol. The van der Waals surface area contributed by atoms with Crippen LogP contribution in [0.15, 0.2) is 42.6 Å². The molecule has 138 valence electrons. The zero-order chi connectivity index (χ0) is 18.8. The summed E-state index contributed by atoms with van der Waals surface area (Å²) in [5, 5.41) is 14.4. The number of methoxy groups -OCH3 is 1. The summed E-state index contributed by atoms with van der Waals surface area (Å²) in [5.41, 5.74) is 1.40. The Morgan fingerprint density at radius 2 is 2.12 bits per heavy atom. The summed E-state index contributed by atoms with van der Waals surface area (Å²) in [6, 6.07) is 8.92. The lowest BCUT2D eigenvalue weighted by Crippen LogP contribution is -2.09. The van der Waals surface area contributed by atoms with E-state index in [0.717, 1.165) is 5.56 Å². The van der Waals surface area contributed by atoms with Gasteiger partial charge in [0.25, 0.3) is 0 Å². The number of carbonyl (C=O) groups excluding carboxylic acids is 1. The van der Waals surface area contributed by atoms with Gasteiger partial charge in [0.2, 0.25) is 5.91 Å². The summed E-state index contributed by atoms with van der Waals surface area (Å²) in [6.07, 6.45) is 4.68. The number of nitrogens with one attached hydrogen (secondary N) is 2. The number of ether oxygens (including phenoxy) is 2. The number of aliphatic hydroxyl groups is 1. The quantitative estimate of drug-likeness (QED) is 0.597. The Bertz CT molecular complexity index is 745. The molecule has 3 N–H and O–H groups in total. The topological polar surface area (TPSA) is 92.7 Å². The lowest BCUT2D eigenvalue weighted by molar-refractivity contribution is -0.111. The fraction of sp³-hybridized carbons (Fsp3) is 0.263. The van der Waals surface area contributed by atoms with Gasteiger partial charge in [-0.15, -0.1) is 0 Å². The van der Waals surface area contributed by atoms with Crippen molar-refractivity contribution in [3.63, 3.8) is 0 Å². The van der Waals surface area contributed by atoms with E-state index in [1.807, 2.05) is 19.1 Å². The molecule has 26 heavy (non-hydrogen) atoms. The Labute approximate surface area is 152 Å². The SMILES string of the molecule is CCOc1ccc(/C=C/C(=O)Nc2ccc(NCCO)nc2)cc1OC. The molecule has 0 aliphatic carbocycles. The van der Waals surface area contributed by atoms with Gasteiger partial charge in [-0.1, -0.05) is 6.07 Å². The monoisotopic (exact) mass is 357 g/mol. The molecule has 0 saturated carbocycles. The van der Waals surface area contributed by atoms with Crippen LogP contribution in [0.3, 0.4) is 0 Å². The summed E-state index contributed by atoms with van der Waals surface area (Å²) in [5.74, 6) is 1.65. The average Bonchev–Trinajstić information content (AvgIpc) is 2.67. The van der Waals surface area contributed by atoms with Crippen LogP contribution in [-0.2, 0) is 4.79 Å². The van der Waals surface area contributed by atoms with Crippen molar-refractivity contribution in [1.82, 2.24) is 4.98 Å². The maximum atomic E-state index is 12.0. The molecule has 1 heterocycles. The predicted octanol–water partition coefficient (Wildman–Crippen LogP) is 2.55. The predicted molar refractivity (Wildman–Crippen MR) is 102 cm³/mol. The van der Waals surface area contributed by atoms with Gasteiger partial charge in [-0.3, -0.25) is 4.79 Å². The van der Waals surface area contributed by atoms with Crippen LogP contribution in [0.4, 0.5) is 11.5 Å². The lowest BCUT2D eigenvalue weighted by Gasteiger charge is -2.09. The van der Waals surface area contributed by atoms with Crippen molar-refractivity contribution in [2.75, 3.05) is 37.5 Å². The van der Waals surface area contributed by atoms with Crippen LogP contribution in [-0.4, -0.2) is 42.9 Å². The van der Waals surface area contributed by atoms with Gasteiger partial charge in [-0.25, -0.2) is 4.98 Å².